The first-order valence-corrected chi connectivity index (χ1v) is 9.40. The fraction of sp³-hybridized carbons (Fsp3) is 0.842. The van der Waals surface area contributed by atoms with Crippen molar-refractivity contribution < 1.29 is 5.11 Å². The Morgan fingerprint density at radius 2 is 1.81 bits per heavy atom. The van der Waals surface area contributed by atoms with E-state index in [1.165, 1.54) is 38.5 Å². The minimum Gasteiger partial charge on any atom is -0.393 e. The summed E-state index contributed by atoms with van der Waals surface area (Å²) < 4.78 is 0. The normalized spacial score (nSPS) is 52.7. The summed E-state index contributed by atoms with van der Waals surface area (Å²) in [5.74, 6) is 2.62. The number of hydrogen-bond acceptors (Lipinski definition) is 1. The van der Waals surface area contributed by atoms with Crippen molar-refractivity contribution in [3.8, 4) is 0 Å². The van der Waals surface area contributed by atoms with Gasteiger partial charge in [-0.1, -0.05) is 25.5 Å². The van der Waals surface area contributed by atoms with E-state index in [1.807, 2.05) is 0 Å². The van der Waals surface area contributed by atoms with Crippen molar-refractivity contribution in [1.29, 1.82) is 0 Å². The number of fused-ring (bicyclic) bond motifs is 5. The number of allylic oxidation sites excluding steroid dienone is 1. The van der Waals surface area contributed by atoms with Gasteiger partial charge in [-0.3, -0.25) is 0 Å². The molecule has 3 saturated carbocycles. The van der Waals surface area contributed by atoms with Crippen molar-refractivity contribution in [3.05, 3.63) is 11.6 Å². The van der Waals surface area contributed by atoms with Gasteiger partial charge < -0.3 is 5.11 Å². The van der Waals surface area contributed by atoms with Crippen LogP contribution in [0.25, 0.3) is 0 Å². The van der Waals surface area contributed by atoms with Crippen molar-refractivity contribution in [2.24, 2.45) is 28.6 Å². The quantitative estimate of drug-likeness (QED) is 0.511. The van der Waals surface area contributed by atoms with Crippen LogP contribution in [0.15, 0.2) is 11.6 Å². The Balaban J connectivity index is 1.69. The molecule has 4 rings (SSSR count). The van der Waals surface area contributed by atoms with Crippen LogP contribution >= 0.6 is 8.86 Å². The van der Waals surface area contributed by atoms with Crippen molar-refractivity contribution in [2.45, 2.75) is 71.3 Å². The van der Waals surface area contributed by atoms with Gasteiger partial charge in [0.25, 0.3) is 0 Å². The predicted octanol–water partition coefficient (Wildman–Crippen LogP) is 4.63. The first-order valence-electron chi connectivity index (χ1n) is 8.90. The summed E-state index contributed by atoms with van der Waals surface area (Å²) in [6.45, 7) is 5.02. The molecule has 1 nitrogen and oxygen atoms in total. The highest BCUT2D eigenvalue weighted by Gasteiger charge is 2.56. The number of rotatable bonds is 0. The van der Waals surface area contributed by atoms with Gasteiger partial charge >= 0.3 is 0 Å². The molecule has 0 aliphatic heterocycles. The summed E-state index contributed by atoms with van der Waals surface area (Å²) in [7, 11) is 3.97. The third-order valence-electron chi connectivity index (χ3n) is 7.86. The van der Waals surface area contributed by atoms with Crippen LogP contribution in [0, 0.1) is 28.6 Å². The van der Waals surface area contributed by atoms with Crippen LogP contribution in [0.5, 0.6) is 0 Å². The summed E-state index contributed by atoms with van der Waals surface area (Å²) in [5.41, 5.74) is 2.43. The Kier molecular flexibility index (Phi) is 3.22. The van der Waals surface area contributed by atoms with Crippen molar-refractivity contribution in [2.75, 3.05) is 0 Å². The summed E-state index contributed by atoms with van der Waals surface area (Å²) >= 11 is 0. The highest BCUT2D eigenvalue weighted by Crippen LogP contribution is 2.64. The summed E-state index contributed by atoms with van der Waals surface area (Å²) in [4.78, 5) is 0. The van der Waals surface area contributed by atoms with E-state index >= 15 is 0 Å². The van der Waals surface area contributed by atoms with E-state index in [4.69, 9.17) is 0 Å². The topological polar surface area (TPSA) is 20.2 Å². The van der Waals surface area contributed by atoms with Gasteiger partial charge in [-0.05, 0) is 85.2 Å². The van der Waals surface area contributed by atoms with Crippen LogP contribution in [0.2, 0.25) is 0 Å². The third kappa shape index (κ3) is 1.89. The summed E-state index contributed by atoms with van der Waals surface area (Å²) in [6.07, 6.45) is 12.3. The number of aliphatic hydroxyl groups excluding tert-OH is 1. The largest absolute Gasteiger partial charge is 0.393 e. The van der Waals surface area contributed by atoms with E-state index < -0.39 is 0 Å². The molecule has 0 saturated heterocycles. The van der Waals surface area contributed by atoms with Gasteiger partial charge in [0.2, 0.25) is 0 Å². The van der Waals surface area contributed by atoms with Crippen molar-refractivity contribution in [3.63, 3.8) is 0 Å². The molecule has 21 heavy (non-hydrogen) atoms. The van der Waals surface area contributed by atoms with Gasteiger partial charge in [0.15, 0.2) is 0 Å². The Hall–Kier alpha value is -0.130. The Morgan fingerprint density at radius 3 is 2.62 bits per heavy atom. The molecular weight excluding hydrogens is 275 g/mol. The lowest BCUT2D eigenvalue weighted by molar-refractivity contribution is -0.0205. The van der Waals surface area contributed by atoms with E-state index in [0.29, 0.717) is 10.8 Å². The minimum absolute atomic E-state index is 0.0802. The van der Waals surface area contributed by atoms with E-state index in [-0.39, 0.29) is 6.10 Å². The zero-order valence-electron chi connectivity index (χ0n) is 13.5. The average molecular weight is 304 g/mol. The Labute approximate surface area is 131 Å². The van der Waals surface area contributed by atoms with Crippen molar-refractivity contribution in [1.82, 2.24) is 0 Å². The monoisotopic (exact) mass is 304 g/mol. The first kappa shape index (κ1) is 14.5. The maximum Gasteiger partial charge on any atom is 0.0577 e. The van der Waals surface area contributed by atoms with Gasteiger partial charge in [0.05, 0.1) is 6.10 Å². The van der Waals surface area contributed by atoms with Crippen LogP contribution in [-0.2, 0) is 0 Å². The molecule has 2 heteroatoms. The van der Waals surface area contributed by atoms with Gasteiger partial charge in [-0.15, -0.1) is 8.86 Å². The second-order valence-corrected chi connectivity index (χ2v) is 9.23. The fourth-order valence-electron chi connectivity index (χ4n) is 6.45. The molecule has 6 atom stereocenters. The zero-order chi connectivity index (χ0) is 14.8. The maximum atomic E-state index is 10.0. The summed E-state index contributed by atoms with van der Waals surface area (Å²) in [5, 5.41) is 11.6. The van der Waals surface area contributed by atoms with Crippen LogP contribution < -0.4 is 0 Å². The average Bonchev–Trinajstić information content (AvgIpc) is 2.76. The molecule has 0 amide bonds. The molecule has 0 aromatic heterocycles. The first-order chi connectivity index (χ1) is 9.95. The molecule has 0 aromatic carbocycles. The highest BCUT2D eigenvalue weighted by molar-refractivity contribution is 7.21. The summed E-state index contributed by atoms with van der Waals surface area (Å²) in [6, 6.07) is 0. The lowest BCUT2D eigenvalue weighted by Crippen LogP contribution is -2.50. The molecule has 4 aliphatic rings. The zero-order valence-corrected chi connectivity index (χ0v) is 14.5. The molecule has 2 unspecified atom stereocenters. The van der Waals surface area contributed by atoms with Crippen LogP contribution in [0.1, 0.15) is 65.2 Å². The Bertz CT molecular complexity index is 510. The smallest absolute Gasteiger partial charge is 0.0577 e. The number of hydrogen-bond donors (Lipinski definition) is 1. The van der Waals surface area contributed by atoms with E-state index in [0.717, 1.165) is 30.6 Å². The van der Waals surface area contributed by atoms with Gasteiger partial charge in [0, 0.05) is 0 Å². The molecule has 116 valence electrons. The molecule has 1 N–H and O–H groups in total. The van der Waals surface area contributed by atoms with Crippen LogP contribution in [0.4, 0.5) is 0 Å². The van der Waals surface area contributed by atoms with E-state index in [9.17, 15) is 5.11 Å². The third-order valence-corrected chi connectivity index (χ3v) is 8.68. The van der Waals surface area contributed by atoms with Gasteiger partial charge in [-0.25, -0.2) is 0 Å². The molecule has 4 aliphatic carbocycles. The number of aliphatic hydroxyl groups is 1. The Morgan fingerprint density at radius 1 is 1.10 bits per heavy atom. The fourth-order valence-corrected chi connectivity index (χ4v) is 6.91. The van der Waals surface area contributed by atoms with E-state index in [1.54, 1.807) is 10.9 Å². The second-order valence-electron chi connectivity index (χ2n) is 8.63. The second kappa shape index (κ2) is 4.68. The molecule has 0 aromatic rings. The minimum atomic E-state index is -0.0802. The van der Waals surface area contributed by atoms with Crippen LogP contribution in [-0.4, -0.2) is 16.5 Å². The standard InChI is InChI=1S/C19H29OP/c1-18-9-7-13(20)11-12(18)3-4-14-15-5-6-17(21)19(15,2)10-8-16(14)18/h3,13-16,20-21H,4-11H2,1-2H3/t13-,14?,15-,16-,18?,19-/m0/s1. The van der Waals surface area contributed by atoms with E-state index in [2.05, 4.69) is 28.8 Å². The van der Waals surface area contributed by atoms with Crippen LogP contribution in [0.3, 0.4) is 0 Å². The SMILES string of the molecule is CC12CC[C@H](O)CC1=CCC1[C@@H]2CC[C@]2(C)C(=P)CC[C@@H]12. The predicted molar refractivity (Wildman–Crippen MR) is 91.0 cm³/mol. The lowest BCUT2D eigenvalue weighted by atomic mass is 9.48. The lowest BCUT2D eigenvalue weighted by Gasteiger charge is -2.57. The van der Waals surface area contributed by atoms with Gasteiger partial charge in [-0.2, -0.15) is 0 Å². The molecule has 0 heterocycles. The van der Waals surface area contributed by atoms with Crippen molar-refractivity contribution >= 4 is 14.2 Å². The maximum absolute atomic E-state index is 10.0. The molecule has 3 fully saturated rings. The molecule has 0 radical (unpaired) electrons. The molecular formula is C19H29OP. The van der Waals surface area contributed by atoms with Gasteiger partial charge in [0.1, 0.15) is 0 Å². The highest BCUT2D eigenvalue weighted by atomic mass is 31.0. The molecule has 0 bridgehead atoms. The molecule has 0 spiro atoms.